The molecule has 2 N–H and O–H groups in total. The molecule has 0 atom stereocenters. The highest BCUT2D eigenvalue weighted by atomic mass is 15.1. The highest BCUT2D eigenvalue weighted by Gasteiger charge is 2.05. The molecule has 102 valence electrons. The Hall–Kier alpha value is -1.97. The third kappa shape index (κ3) is 4.02. The van der Waals surface area contributed by atoms with E-state index in [0.717, 1.165) is 38.2 Å². The van der Waals surface area contributed by atoms with Crippen LogP contribution in [-0.2, 0) is 6.54 Å². The fraction of sp³-hybridized carbons (Fsp3) is 0.400. The van der Waals surface area contributed by atoms with E-state index < -0.39 is 0 Å². The molecule has 0 aliphatic rings. The van der Waals surface area contributed by atoms with Gasteiger partial charge in [-0.25, -0.2) is 4.98 Å². The summed E-state index contributed by atoms with van der Waals surface area (Å²) in [7, 11) is 0. The van der Waals surface area contributed by atoms with Gasteiger partial charge in [0.1, 0.15) is 0 Å². The van der Waals surface area contributed by atoms with E-state index in [2.05, 4.69) is 27.4 Å². The Morgan fingerprint density at radius 3 is 2.89 bits per heavy atom. The standard InChI is InChI=1S/C15H22N4/c1-2-8-19(15-6-3-5-14(16)12-15)10-4-9-18-11-7-17-13-18/h3,5-7,11-13H,2,4,8-10,16H2,1H3. The third-order valence-corrected chi connectivity index (χ3v) is 3.13. The highest BCUT2D eigenvalue weighted by molar-refractivity contribution is 5.55. The number of aryl methyl sites for hydroxylation is 1. The van der Waals surface area contributed by atoms with Gasteiger partial charge in [-0.15, -0.1) is 0 Å². The van der Waals surface area contributed by atoms with Gasteiger partial charge in [0.25, 0.3) is 0 Å². The zero-order valence-corrected chi connectivity index (χ0v) is 11.5. The Morgan fingerprint density at radius 2 is 2.21 bits per heavy atom. The van der Waals surface area contributed by atoms with Crippen LogP contribution < -0.4 is 10.6 Å². The van der Waals surface area contributed by atoms with Gasteiger partial charge in [-0.3, -0.25) is 0 Å². The normalized spacial score (nSPS) is 10.6. The van der Waals surface area contributed by atoms with Gasteiger partial charge in [-0.2, -0.15) is 0 Å². The number of hydrogen-bond donors (Lipinski definition) is 1. The third-order valence-electron chi connectivity index (χ3n) is 3.13. The number of benzene rings is 1. The van der Waals surface area contributed by atoms with Crippen molar-refractivity contribution >= 4 is 11.4 Å². The smallest absolute Gasteiger partial charge is 0.0945 e. The van der Waals surface area contributed by atoms with E-state index in [9.17, 15) is 0 Å². The molecular formula is C15H22N4. The molecule has 2 aromatic rings. The Morgan fingerprint density at radius 1 is 1.32 bits per heavy atom. The molecule has 0 fully saturated rings. The van der Waals surface area contributed by atoms with Gasteiger partial charge < -0.3 is 15.2 Å². The quantitative estimate of drug-likeness (QED) is 0.777. The molecule has 0 amide bonds. The number of rotatable bonds is 7. The second-order valence-electron chi connectivity index (χ2n) is 4.74. The van der Waals surface area contributed by atoms with Gasteiger partial charge in [-0.1, -0.05) is 13.0 Å². The number of nitrogens with zero attached hydrogens (tertiary/aromatic N) is 3. The summed E-state index contributed by atoms with van der Waals surface area (Å²) in [4.78, 5) is 6.45. The van der Waals surface area contributed by atoms with Crippen molar-refractivity contribution in [2.75, 3.05) is 23.7 Å². The molecule has 19 heavy (non-hydrogen) atoms. The number of imidazole rings is 1. The topological polar surface area (TPSA) is 47.1 Å². The predicted molar refractivity (Wildman–Crippen MR) is 80.2 cm³/mol. The fourth-order valence-corrected chi connectivity index (χ4v) is 2.22. The molecule has 1 heterocycles. The van der Waals surface area contributed by atoms with Gasteiger partial charge >= 0.3 is 0 Å². The Bertz CT molecular complexity index is 479. The summed E-state index contributed by atoms with van der Waals surface area (Å²) in [5.41, 5.74) is 7.90. The van der Waals surface area contributed by atoms with Crippen molar-refractivity contribution in [2.24, 2.45) is 0 Å². The molecule has 2 rings (SSSR count). The van der Waals surface area contributed by atoms with Crippen LogP contribution in [0.2, 0.25) is 0 Å². The lowest BCUT2D eigenvalue weighted by Crippen LogP contribution is -2.26. The maximum absolute atomic E-state index is 5.86. The highest BCUT2D eigenvalue weighted by Crippen LogP contribution is 2.18. The summed E-state index contributed by atoms with van der Waals surface area (Å²) in [5, 5.41) is 0. The maximum Gasteiger partial charge on any atom is 0.0945 e. The molecule has 4 nitrogen and oxygen atoms in total. The van der Waals surface area contributed by atoms with Crippen LogP contribution in [0, 0.1) is 0 Å². The van der Waals surface area contributed by atoms with Crippen LogP contribution in [0.15, 0.2) is 43.0 Å². The summed E-state index contributed by atoms with van der Waals surface area (Å²) in [6.45, 7) is 5.31. The van der Waals surface area contributed by atoms with Gasteiger partial charge in [0.05, 0.1) is 6.33 Å². The van der Waals surface area contributed by atoms with Gasteiger partial charge in [0.15, 0.2) is 0 Å². The van der Waals surface area contributed by atoms with Crippen LogP contribution in [0.5, 0.6) is 0 Å². The van der Waals surface area contributed by atoms with E-state index in [1.165, 1.54) is 5.69 Å². The lowest BCUT2D eigenvalue weighted by atomic mass is 10.2. The van der Waals surface area contributed by atoms with E-state index in [1.54, 1.807) is 0 Å². The molecule has 0 bridgehead atoms. The van der Waals surface area contributed by atoms with Crippen LogP contribution in [0.1, 0.15) is 19.8 Å². The van der Waals surface area contributed by atoms with E-state index in [-0.39, 0.29) is 0 Å². The second-order valence-corrected chi connectivity index (χ2v) is 4.74. The van der Waals surface area contributed by atoms with Crippen LogP contribution in [0.3, 0.4) is 0 Å². The molecule has 1 aromatic carbocycles. The predicted octanol–water partition coefficient (Wildman–Crippen LogP) is 2.77. The van der Waals surface area contributed by atoms with Crippen LogP contribution in [0.25, 0.3) is 0 Å². The van der Waals surface area contributed by atoms with Crippen molar-refractivity contribution in [1.29, 1.82) is 0 Å². The fourth-order valence-electron chi connectivity index (χ4n) is 2.22. The number of nitrogens with two attached hydrogens (primary N) is 1. The minimum atomic E-state index is 0.827. The van der Waals surface area contributed by atoms with E-state index in [0.29, 0.717) is 0 Å². The average molecular weight is 258 g/mol. The van der Waals surface area contributed by atoms with Crippen molar-refractivity contribution in [1.82, 2.24) is 9.55 Å². The van der Waals surface area contributed by atoms with Crippen LogP contribution >= 0.6 is 0 Å². The zero-order chi connectivity index (χ0) is 13.5. The molecule has 1 aromatic heterocycles. The average Bonchev–Trinajstić information content (AvgIpc) is 2.91. The monoisotopic (exact) mass is 258 g/mol. The number of aromatic nitrogens is 2. The first-order valence-corrected chi connectivity index (χ1v) is 6.86. The molecular weight excluding hydrogens is 236 g/mol. The molecule has 0 unspecified atom stereocenters. The Labute approximate surface area is 114 Å². The Balaban J connectivity index is 1.92. The first-order valence-electron chi connectivity index (χ1n) is 6.86. The summed E-state index contributed by atoms with van der Waals surface area (Å²) in [6.07, 6.45) is 7.93. The van der Waals surface area contributed by atoms with Crippen LogP contribution in [0.4, 0.5) is 11.4 Å². The van der Waals surface area contributed by atoms with Gasteiger partial charge in [0, 0.05) is 43.4 Å². The summed E-state index contributed by atoms with van der Waals surface area (Å²) < 4.78 is 2.11. The van der Waals surface area contributed by atoms with Crippen molar-refractivity contribution < 1.29 is 0 Å². The van der Waals surface area contributed by atoms with Crippen LogP contribution in [-0.4, -0.2) is 22.6 Å². The van der Waals surface area contributed by atoms with E-state index in [1.807, 2.05) is 36.9 Å². The van der Waals surface area contributed by atoms with Crippen molar-refractivity contribution in [3.8, 4) is 0 Å². The first-order chi connectivity index (χ1) is 9.29. The largest absolute Gasteiger partial charge is 0.399 e. The first kappa shape index (κ1) is 13.5. The molecule has 0 radical (unpaired) electrons. The van der Waals surface area contributed by atoms with E-state index >= 15 is 0 Å². The maximum atomic E-state index is 5.86. The number of nitrogen functional groups attached to an aromatic ring is 1. The number of anilines is 2. The Kier molecular flexibility index (Phi) is 4.84. The molecule has 0 aliphatic carbocycles. The SMILES string of the molecule is CCCN(CCCn1ccnc1)c1cccc(N)c1. The molecule has 0 aliphatic heterocycles. The van der Waals surface area contributed by atoms with Crippen molar-refractivity contribution in [2.45, 2.75) is 26.3 Å². The van der Waals surface area contributed by atoms with E-state index in [4.69, 9.17) is 5.73 Å². The lowest BCUT2D eigenvalue weighted by Gasteiger charge is -2.24. The summed E-state index contributed by atoms with van der Waals surface area (Å²) in [6, 6.07) is 8.12. The lowest BCUT2D eigenvalue weighted by molar-refractivity contribution is 0.618. The van der Waals surface area contributed by atoms with Gasteiger partial charge in [0.2, 0.25) is 0 Å². The minimum absolute atomic E-state index is 0.827. The minimum Gasteiger partial charge on any atom is -0.399 e. The summed E-state index contributed by atoms with van der Waals surface area (Å²) >= 11 is 0. The molecule has 0 saturated carbocycles. The zero-order valence-electron chi connectivity index (χ0n) is 11.5. The molecule has 4 heteroatoms. The van der Waals surface area contributed by atoms with Gasteiger partial charge in [-0.05, 0) is 31.0 Å². The number of hydrogen-bond acceptors (Lipinski definition) is 3. The molecule has 0 saturated heterocycles. The van der Waals surface area contributed by atoms with Crippen molar-refractivity contribution in [3.63, 3.8) is 0 Å². The second kappa shape index (κ2) is 6.83. The molecule has 0 spiro atoms. The van der Waals surface area contributed by atoms with Crippen molar-refractivity contribution in [3.05, 3.63) is 43.0 Å². The summed E-state index contributed by atoms with van der Waals surface area (Å²) in [5.74, 6) is 0.